The summed E-state index contributed by atoms with van der Waals surface area (Å²) in [4.78, 5) is 15.6. The molecule has 2 aromatic rings. The summed E-state index contributed by atoms with van der Waals surface area (Å²) in [7, 11) is 0. The number of rotatable bonds is 5. The Bertz CT molecular complexity index is 526. The van der Waals surface area contributed by atoms with Crippen LogP contribution < -0.4 is 5.32 Å². The Morgan fingerprint density at radius 3 is 2.42 bits per heavy atom. The molecule has 0 radical (unpaired) electrons. The van der Waals surface area contributed by atoms with E-state index in [1.54, 1.807) is 24.5 Å². The van der Waals surface area contributed by atoms with Crippen LogP contribution in [0.3, 0.4) is 0 Å². The quantitative estimate of drug-likeness (QED) is 0.895. The lowest BCUT2D eigenvalue weighted by atomic mass is 10.1. The third kappa shape index (κ3) is 4.50. The number of nitrogens with zero attached hydrogens (tertiary/aromatic N) is 1. The molecule has 98 valence electrons. The van der Waals surface area contributed by atoms with Crippen molar-refractivity contribution in [2.24, 2.45) is 0 Å². The minimum atomic E-state index is -0.271. The molecule has 0 bridgehead atoms. The second kappa shape index (κ2) is 6.64. The summed E-state index contributed by atoms with van der Waals surface area (Å²) in [5.74, 6) is -0.283. The number of hydrogen-bond donors (Lipinski definition) is 1. The highest BCUT2D eigenvalue weighted by Gasteiger charge is 2.02. The van der Waals surface area contributed by atoms with Crippen LogP contribution in [0.15, 0.2) is 48.8 Å². The summed E-state index contributed by atoms with van der Waals surface area (Å²) in [6.07, 6.45) is 4.56. The number of carbonyl (C=O) groups excluding carboxylic acids is 1. The molecule has 1 heterocycles. The van der Waals surface area contributed by atoms with Gasteiger partial charge in [0.1, 0.15) is 5.82 Å². The van der Waals surface area contributed by atoms with E-state index in [0.717, 1.165) is 11.1 Å². The number of pyridine rings is 1. The molecule has 1 N–H and O–H groups in total. The molecule has 0 atom stereocenters. The zero-order valence-corrected chi connectivity index (χ0v) is 10.5. The second-order valence-electron chi connectivity index (χ2n) is 4.26. The van der Waals surface area contributed by atoms with Crippen LogP contribution in [0.1, 0.15) is 17.5 Å². The van der Waals surface area contributed by atoms with Gasteiger partial charge in [-0.3, -0.25) is 9.78 Å². The van der Waals surface area contributed by atoms with Crippen LogP contribution in [0.4, 0.5) is 4.39 Å². The smallest absolute Gasteiger partial charge is 0.220 e. The van der Waals surface area contributed by atoms with Gasteiger partial charge in [-0.15, -0.1) is 0 Å². The first-order chi connectivity index (χ1) is 9.24. The van der Waals surface area contributed by atoms with Crippen molar-refractivity contribution in [3.05, 3.63) is 65.7 Å². The highest BCUT2D eigenvalue weighted by atomic mass is 19.1. The Hall–Kier alpha value is -2.23. The molecule has 0 aliphatic rings. The van der Waals surface area contributed by atoms with Gasteiger partial charge in [-0.25, -0.2) is 4.39 Å². The number of amides is 1. The van der Waals surface area contributed by atoms with Crippen LogP contribution in [0.25, 0.3) is 0 Å². The molecule has 4 heteroatoms. The standard InChI is InChI=1S/C15H15FN2O/c16-14-4-1-13(2-5-14)11-18-15(19)6-3-12-7-9-17-10-8-12/h1-2,4-5,7-10H,3,6,11H2,(H,18,19). The van der Waals surface area contributed by atoms with E-state index in [9.17, 15) is 9.18 Å². The highest BCUT2D eigenvalue weighted by Crippen LogP contribution is 2.03. The lowest BCUT2D eigenvalue weighted by Gasteiger charge is -2.05. The van der Waals surface area contributed by atoms with Gasteiger partial charge in [0.15, 0.2) is 0 Å². The predicted octanol–water partition coefficient (Wildman–Crippen LogP) is 2.47. The summed E-state index contributed by atoms with van der Waals surface area (Å²) in [6.45, 7) is 0.426. The fourth-order valence-corrected chi connectivity index (χ4v) is 1.70. The number of aromatic nitrogens is 1. The first kappa shape index (κ1) is 13.2. The van der Waals surface area contributed by atoms with Gasteiger partial charge in [0, 0.05) is 25.4 Å². The van der Waals surface area contributed by atoms with E-state index in [4.69, 9.17) is 0 Å². The normalized spacial score (nSPS) is 10.2. The van der Waals surface area contributed by atoms with E-state index >= 15 is 0 Å². The van der Waals surface area contributed by atoms with Gasteiger partial charge in [0.05, 0.1) is 0 Å². The van der Waals surface area contributed by atoms with Crippen LogP contribution in [0, 0.1) is 5.82 Å². The van der Waals surface area contributed by atoms with Crippen molar-refractivity contribution in [1.82, 2.24) is 10.3 Å². The average Bonchev–Trinajstić information content (AvgIpc) is 2.45. The van der Waals surface area contributed by atoms with Crippen LogP contribution >= 0.6 is 0 Å². The second-order valence-corrected chi connectivity index (χ2v) is 4.26. The first-order valence-electron chi connectivity index (χ1n) is 6.14. The van der Waals surface area contributed by atoms with Crippen molar-refractivity contribution >= 4 is 5.91 Å². The summed E-state index contributed by atoms with van der Waals surface area (Å²) in [5, 5.41) is 2.81. The Morgan fingerprint density at radius 2 is 1.74 bits per heavy atom. The molecule has 0 spiro atoms. The Morgan fingerprint density at radius 1 is 1.05 bits per heavy atom. The van der Waals surface area contributed by atoms with Crippen molar-refractivity contribution < 1.29 is 9.18 Å². The number of halogens is 1. The van der Waals surface area contributed by atoms with Gasteiger partial charge in [-0.05, 0) is 41.8 Å². The fourth-order valence-electron chi connectivity index (χ4n) is 1.70. The number of nitrogens with one attached hydrogen (secondary N) is 1. The number of hydrogen-bond acceptors (Lipinski definition) is 2. The van der Waals surface area contributed by atoms with Gasteiger partial charge in [-0.1, -0.05) is 12.1 Å². The SMILES string of the molecule is O=C(CCc1ccncc1)NCc1ccc(F)cc1. The van der Waals surface area contributed by atoms with Crippen molar-refractivity contribution in [2.75, 3.05) is 0 Å². The zero-order chi connectivity index (χ0) is 13.5. The van der Waals surface area contributed by atoms with E-state index in [1.807, 2.05) is 12.1 Å². The molecule has 3 nitrogen and oxygen atoms in total. The summed E-state index contributed by atoms with van der Waals surface area (Å²) < 4.78 is 12.7. The summed E-state index contributed by atoms with van der Waals surface area (Å²) in [5.41, 5.74) is 1.98. The molecule has 0 aliphatic heterocycles. The minimum Gasteiger partial charge on any atom is -0.352 e. The molecule has 1 aromatic carbocycles. The molecule has 1 amide bonds. The van der Waals surface area contributed by atoms with E-state index in [2.05, 4.69) is 10.3 Å². The van der Waals surface area contributed by atoms with Crippen molar-refractivity contribution in [2.45, 2.75) is 19.4 Å². The predicted molar refractivity (Wildman–Crippen MR) is 70.8 cm³/mol. The molecule has 0 fully saturated rings. The molecule has 2 rings (SSSR count). The summed E-state index contributed by atoms with van der Waals surface area (Å²) in [6, 6.07) is 9.90. The van der Waals surface area contributed by atoms with E-state index in [-0.39, 0.29) is 11.7 Å². The Kier molecular flexibility index (Phi) is 4.61. The van der Waals surface area contributed by atoms with E-state index in [0.29, 0.717) is 19.4 Å². The van der Waals surface area contributed by atoms with Crippen molar-refractivity contribution in [1.29, 1.82) is 0 Å². The first-order valence-corrected chi connectivity index (χ1v) is 6.14. The van der Waals surface area contributed by atoms with Crippen molar-refractivity contribution in [3.63, 3.8) is 0 Å². The largest absolute Gasteiger partial charge is 0.352 e. The van der Waals surface area contributed by atoms with Crippen LogP contribution in [-0.2, 0) is 17.8 Å². The van der Waals surface area contributed by atoms with Crippen molar-refractivity contribution in [3.8, 4) is 0 Å². The number of benzene rings is 1. The molecule has 19 heavy (non-hydrogen) atoms. The number of carbonyl (C=O) groups is 1. The molecule has 0 saturated heterocycles. The molecular formula is C15H15FN2O. The van der Waals surface area contributed by atoms with Gasteiger partial charge in [0.25, 0.3) is 0 Å². The maximum atomic E-state index is 12.7. The average molecular weight is 258 g/mol. The Labute approximate surface area is 111 Å². The van der Waals surface area contributed by atoms with E-state index in [1.165, 1.54) is 12.1 Å². The monoisotopic (exact) mass is 258 g/mol. The Balaban J connectivity index is 1.74. The van der Waals surface area contributed by atoms with Crippen LogP contribution in [0.2, 0.25) is 0 Å². The third-order valence-electron chi connectivity index (χ3n) is 2.79. The number of aryl methyl sites for hydroxylation is 1. The van der Waals surface area contributed by atoms with Crippen LogP contribution in [-0.4, -0.2) is 10.9 Å². The summed E-state index contributed by atoms with van der Waals surface area (Å²) >= 11 is 0. The fraction of sp³-hybridized carbons (Fsp3) is 0.200. The zero-order valence-electron chi connectivity index (χ0n) is 10.5. The maximum Gasteiger partial charge on any atom is 0.220 e. The molecule has 0 saturated carbocycles. The lowest BCUT2D eigenvalue weighted by Crippen LogP contribution is -2.22. The van der Waals surface area contributed by atoms with E-state index < -0.39 is 0 Å². The van der Waals surface area contributed by atoms with Crippen LogP contribution in [0.5, 0.6) is 0 Å². The molecular weight excluding hydrogens is 243 g/mol. The van der Waals surface area contributed by atoms with Gasteiger partial charge in [-0.2, -0.15) is 0 Å². The molecule has 0 aliphatic carbocycles. The third-order valence-corrected chi connectivity index (χ3v) is 2.79. The highest BCUT2D eigenvalue weighted by molar-refractivity contribution is 5.76. The van der Waals surface area contributed by atoms with Gasteiger partial charge in [0.2, 0.25) is 5.91 Å². The lowest BCUT2D eigenvalue weighted by molar-refractivity contribution is -0.121. The maximum absolute atomic E-state index is 12.7. The molecule has 0 unspecified atom stereocenters. The minimum absolute atomic E-state index is 0.0128. The van der Waals surface area contributed by atoms with Gasteiger partial charge >= 0.3 is 0 Å². The molecule has 1 aromatic heterocycles. The topological polar surface area (TPSA) is 42.0 Å². The van der Waals surface area contributed by atoms with Gasteiger partial charge < -0.3 is 5.32 Å².